The number of hydroxylamine groups is 1. The molecule has 1 heterocycles. The van der Waals surface area contributed by atoms with Gasteiger partial charge in [-0.2, -0.15) is 5.10 Å². The predicted molar refractivity (Wildman–Crippen MR) is 74.5 cm³/mol. The minimum Gasteiger partial charge on any atom is -0.288 e. The Kier molecular flexibility index (Phi) is 3.37. The Hall–Kier alpha value is -2.73. The zero-order valence-electron chi connectivity index (χ0n) is 11.0. The van der Waals surface area contributed by atoms with Crippen LogP contribution < -0.4 is 5.48 Å². The Bertz CT molecular complexity index is 814. The average Bonchev–Trinajstić information content (AvgIpc) is 2.89. The molecule has 2 N–H and O–H groups in total. The third kappa shape index (κ3) is 2.61. The van der Waals surface area contributed by atoms with Gasteiger partial charge in [-0.25, -0.2) is 9.87 Å². The largest absolute Gasteiger partial charge is 0.288 e. The van der Waals surface area contributed by atoms with Gasteiger partial charge in [0.25, 0.3) is 5.91 Å². The van der Waals surface area contributed by atoms with Crippen LogP contribution in [-0.4, -0.2) is 20.9 Å². The molecule has 21 heavy (non-hydrogen) atoms. The van der Waals surface area contributed by atoms with Crippen LogP contribution in [0, 0.1) is 5.82 Å². The molecule has 1 amide bonds. The minimum absolute atomic E-state index is 0.302. The van der Waals surface area contributed by atoms with E-state index in [1.807, 2.05) is 0 Å². The number of amides is 1. The van der Waals surface area contributed by atoms with Crippen molar-refractivity contribution in [2.75, 3.05) is 0 Å². The minimum atomic E-state index is -0.588. The van der Waals surface area contributed by atoms with Gasteiger partial charge in [-0.1, -0.05) is 18.2 Å². The van der Waals surface area contributed by atoms with Crippen molar-refractivity contribution in [2.45, 2.75) is 6.54 Å². The summed E-state index contributed by atoms with van der Waals surface area (Å²) in [6.45, 7) is 0.394. The van der Waals surface area contributed by atoms with Gasteiger partial charge in [-0.3, -0.25) is 14.7 Å². The summed E-state index contributed by atoms with van der Waals surface area (Å²) in [5, 5.41) is 13.8. The standard InChI is InChI=1S/C15H12FN3O2/c16-13-3-1-2-10(6-13)9-19-14-7-11(15(20)18-21)4-5-12(14)8-17-19/h1-8,21H,9H2,(H,18,20). The highest BCUT2D eigenvalue weighted by molar-refractivity contribution is 5.97. The lowest BCUT2D eigenvalue weighted by Gasteiger charge is -2.05. The Morgan fingerprint density at radius 1 is 1.29 bits per heavy atom. The maximum atomic E-state index is 13.2. The highest BCUT2D eigenvalue weighted by atomic mass is 19.1. The number of carbonyl (C=O) groups excluding carboxylic acids is 1. The molecule has 0 saturated carbocycles. The summed E-state index contributed by atoms with van der Waals surface area (Å²) in [5.74, 6) is -0.889. The van der Waals surface area contributed by atoms with E-state index in [1.54, 1.807) is 46.7 Å². The summed E-state index contributed by atoms with van der Waals surface area (Å²) in [6.07, 6.45) is 1.68. The third-order valence-electron chi connectivity index (χ3n) is 3.23. The topological polar surface area (TPSA) is 67.2 Å². The quantitative estimate of drug-likeness (QED) is 0.573. The number of carbonyl (C=O) groups is 1. The van der Waals surface area contributed by atoms with Crippen LogP contribution in [0.4, 0.5) is 4.39 Å². The first-order valence-electron chi connectivity index (χ1n) is 6.32. The van der Waals surface area contributed by atoms with Crippen LogP contribution in [-0.2, 0) is 6.54 Å². The normalized spacial score (nSPS) is 10.8. The molecule has 0 saturated heterocycles. The smallest absolute Gasteiger partial charge is 0.274 e. The molecule has 0 aliphatic carbocycles. The molecular formula is C15H12FN3O2. The van der Waals surface area contributed by atoms with Crippen LogP contribution in [0.5, 0.6) is 0 Å². The lowest BCUT2D eigenvalue weighted by molar-refractivity contribution is 0.0706. The molecule has 0 unspecified atom stereocenters. The number of nitrogens with one attached hydrogen (secondary N) is 1. The Morgan fingerprint density at radius 2 is 2.14 bits per heavy atom. The summed E-state index contributed by atoms with van der Waals surface area (Å²) in [7, 11) is 0. The Morgan fingerprint density at radius 3 is 2.90 bits per heavy atom. The van der Waals surface area contributed by atoms with Crippen molar-refractivity contribution in [3.8, 4) is 0 Å². The molecular weight excluding hydrogens is 273 g/mol. The van der Waals surface area contributed by atoms with E-state index >= 15 is 0 Å². The first-order chi connectivity index (χ1) is 10.2. The summed E-state index contributed by atoms with van der Waals surface area (Å²) in [5.41, 5.74) is 3.43. The predicted octanol–water partition coefficient (Wildman–Crippen LogP) is 2.34. The van der Waals surface area contributed by atoms with E-state index in [-0.39, 0.29) is 5.82 Å². The fraction of sp³-hybridized carbons (Fsp3) is 0.0667. The highest BCUT2D eigenvalue weighted by Crippen LogP contribution is 2.17. The van der Waals surface area contributed by atoms with Crippen LogP contribution in [0.25, 0.3) is 10.9 Å². The van der Waals surface area contributed by atoms with Crippen LogP contribution in [0.3, 0.4) is 0 Å². The summed E-state index contributed by atoms with van der Waals surface area (Å²) < 4.78 is 14.9. The van der Waals surface area contributed by atoms with Crippen LogP contribution in [0.15, 0.2) is 48.7 Å². The van der Waals surface area contributed by atoms with E-state index in [4.69, 9.17) is 5.21 Å². The number of benzene rings is 2. The van der Waals surface area contributed by atoms with Crippen molar-refractivity contribution >= 4 is 16.8 Å². The van der Waals surface area contributed by atoms with Gasteiger partial charge in [0.15, 0.2) is 0 Å². The molecule has 3 rings (SSSR count). The number of hydrogen-bond donors (Lipinski definition) is 2. The number of rotatable bonds is 3. The molecule has 0 atom stereocenters. The Balaban J connectivity index is 2.00. The van der Waals surface area contributed by atoms with Gasteiger partial charge in [0.05, 0.1) is 18.3 Å². The van der Waals surface area contributed by atoms with Crippen molar-refractivity contribution in [2.24, 2.45) is 0 Å². The van der Waals surface area contributed by atoms with Gasteiger partial charge in [0, 0.05) is 10.9 Å². The molecule has 0 aliphatic heterocycles. The fourth-order valence-electron chi connectivity index (χ4n) is 2.21. The van der Waals surface area contributed by atoms with E-state index in [9.17, 15) is 9.18 Å². The number of nitrogens with zero attached hydrogens (tertiary/aromatic N) is 2. The van der Waals surface area contributed by atoms with E-state index in [0.29, 0.717) is 12.1 Å². The second-order valence-electron chi connectivity index (χ2n) is 4.65. The first kappa shape index (κ1) is 13.3. The molecule has 1 aromatic heterocycles. The highest BCUT2D eigenvalue weighted by Gasteiger charge is 2.09. The lowest BCUT2D eigenvalue weighted by atomic mass is 10.1. The molecule has 5 nitrogen and oxygen atoms in total. The Labute approximate surface area is 119 Å². The SMILES string of the molecule is O=C(NO)c1ccc2cnn(Cc3cccc(F)c3)c2c1. The van der Waals surface area contributed by atoms with Gasteiger partial charge in [-0.05, 0) is 29.8 Å². The van der Waals surface area contributed by atoms with Crippen molar-refractivity contribution in [1.29, 1.82) is 0 Å². The molecule has 2 aromatic carbocycles. The number of fused-ring (bicyclic) bond motifs is 1. The fourth-order valence-corrected chi connectivity index (χ4v) is 2.21. The second kappa shape index (κ2) is 5.34. The third-order valence-corrected chi connectivity index (χ3v) is 3.23. The second-order valence-corrected chi connectivity index (χ2v) is 4.65. The van der Waals surface area contributed by atoms with Crippen LogP contribution >= 0.6 is 0 Å². The van der Waals surface area contributed by atoms with E-state index in [0.717, 1.165) is 16.5 Å². The zero-order chi connectivity index (χ0) is 14.8. The molecule has 0 spiro atoms. The van der Waals surface area contributed by atoms with E-state index in [2.05, 4.69) is 5.10 Å². The summed E-state index contributed by atoms with van der Waals surface area (Å²) >= 11 is 0. The van der Waals surface area contributed by atoms with Crippen molar-refractivity contribution < 1.29 is 14.4 Å². The molecule has 6 heteroatoms. The number of aromatic nitrogens is 2. The maximum Gasteiger partial charge on any atom is 0.274 e. The average molecular weight is 285 g/mol. The van der Waals surface area contributed by atoms with Gasteiger partial charge >= 0.3 is 0 Å². The summed E-state index contributed by atoms with van der Waals surface area (Å²) in [6, 6.07) is 11.2. The van der Waals surface area contributed by atoms with Crippen molar-refractivity contribution in [3.05, 3.63) is 65.6 Å². The lowest BCUT2D eigenvalue weighted by Crippen LogP contribution is -2.18. The van der Waals surface area contributed by atoms with E-state index in [1.165, 1.54) is 12.1 Å². The van der Waals surface area contributed by atoms with E-state index < -0.39 is 5.91 Å². The molecule has 0 bridgehead atoms. The van der Waals surface area contributed by atoms with Gasteiger partial charge < -0.3 is 0 Å². The molecule has 0 fully saturated rings. The number of hydrogen-bond acceptors (Lipinski definition) is 3. The van der Waals surface area contributed by atoms with Crippen molar-refractivity contribution in [1.82, 2.24) is 15.3 Å². The van der Waals surface area contributed by atoms with Gasteiger partial charge in [0.1, 0.15) is 5.82 Å². The maximum absolute atomic E-state index is 13.2. The van der Waals surface area contributed by atoms with Crippen molar-refractivity contribution in [3.63, 3.8) is 0 Å². The molecule has 106 valence electrons. The monoisotopic (exact) mass is 285 g/mol. The zero-order valence-corrected chi connectivity index (χ0v) is 11.0. The first-order valence-corrected chi connectivity index (χ1v) is 6.32. The molecule has 0 radical (unpaired) electrons. The van der Waals surface area contributed by atoms with Crippen LogP contribution in [0.2, 0.25) is 0 Å². The molecule has 0 aliphatic rings. The molecule has 3 aromatic rings. The summed E-state index contributed by atoms with van der Waals surface area (Å²) in [4.78, 5) is 11.5. The van der Waals surface area contributed by atoms with Gasteiger partial charge in [0.2, 0.25) is 0 Å². The number of halogens is 1. The van der Waals surface area contributed by atoms with Crippen LogP contribution in [0.1, 0.15) is 15.9 Å². The van der Waals surface area contributed by atoms with Gasteiger partial charge in [-0.15, -0.1) is 0 Å².